The highest BCUT2D eigenvalue weighted by Gasteiger charge is 2.14. The van der Waals surface area contributed by atoms with Crippen LogP contribution in [0.2, 0.25) is 0 Å². The summed E-state index contributed by atoms with van der Waals surface area (Å²) in [6, 6.07) is 6.07. The maximum absolute atomic E-state index is 5.97. The Bertz CT molecular complexity index is 299. The molecule has 0 atom stereocenters. The second kappa shape index (κ2) is 3.38. The molecular formula is C11H17NO. The van der Waals surface area contributed by atoms with Crippen LogP contribution in [-0.2, 0) is 5.54 Å². The average molecular weight is 179 g/mol. The molecule has 0 radical (unpaired) electrons. The van der Waals surface area contributed by atoms with Crippen molar-refractivity contribution in [2.45, 2.75) is 26.3 Å². The molecular weight excluding hydrogens is 162 g/mol. The molecule has 0 heterocycles. The fourth-order valence-electron chi connectivity index (χ4n) is 1.22. The van der Waals surface area contributed by atoms with E-state index in [1.165, 1.54) is 0 Å². The molecule has 2 heteroatoms. The molecule has 1 aromatic carbocycles. The van der Waals surface area contributed by atoms with Crippen LogP contribution in [-0.4, -0.2) is 7.11 Å². The predicted octanol–water partition coefficient (Wildman–Crippen LogP) is 2.20. The maximum atomic E-state index is 5.97. The zero-order chi connectivity index (χ0) is 10.1. The van der Waals surface area contributed by atoms with Crippen LogP contribution < -0.4 is 10.5 Å². The molecule has 0 amide bonds. The van der Waals surface area contributed by atoms with Gasteiger partial charge in [0.25, 0.3) is 0 Å². The number of ether oxygens (including phenoxy) is 1. The van der Waals surface area contributed by atoms with E-state index in [9.17, 15) is 0 Å². The average Bonchev–Trinajstić information content (AvgIpc) is 2.03. The van der Waals surface area contributed by atoms with Crippen LogP contribution in [0.5, 0.6) is 5.75 Å². The molecule has 72 valence electrons. The predicted molar refractivity (Wildman–Crippen MR) is 54.9 cm³/mol. The second-order valence-electron chi connectivity index (χ2n) is 3.91. The van der Waals surface area contributed by atoms with E-state index in [0.717, 1.165) is 16.9 Å². The second-order valence-corrected chi connectivity index (χ2v) is 3.91. The van der Waals surface area contributed by atoms with Crippen molar-refractivity contribution in [2.75, 3.05) is 7.11 Å². The number of rotatable bonds is 2. The van der Waals surface area contributed by atoms with Crippen molar-refractivity contribution < 1.29 is 4.74 Å². The van der Waals surface area contributed by atoms with Crippen LogP contribution >= 0.6 is 0 Å². The summed E-state index contributed by atoms with van der Waals surface area (Å²) < 4.78 is 5.23. The normalized spacial score (nSPS) is 11.5. The number of hydrogen-bond donors (Lipinski definition) is 1. The van der Waals surface area contributed by atoms with Gasteiger partial charge in [-0.25, -0.2) is 0 Å². The highest BCUT2D eigenvalue weighted by atomic mass is 16.5. The maximum Gasteiger partial charge on any atom is 0.122 e. The SMILES string of the molecule is COc1cc(C(C)(C)N)ccc1C. The van der Waals surface area contributed by atoms with E-state index in [4.69, 9.17) is 10.5 Å². The first kappa shape index (κ1) is 10.1. The zero-order valence-electron chi connectivity index (χ0n) is 8.72. The monoisotopic (exact) mass is 179 g/mol. The Hall–Kier alpha value is -1.02. The van der Waals surface area contributed by atoms with Gasteiger partial charge in [-0.3, -0.25) is 0 Å². The third kappa shape index (κ3) is 2.22. The molecule has 1 rings (SSSR count). The Kier molecular flexibility index (Phi) is 2.62. The summed E-state index contributed by atoms with van der Waals surface area (Å²) in [5, 5.41) is 0. The first-order chi connectivity index (χ1) is 5.95. The van der Waals surface area contributed by atoms with E-state index >= 15 is 0 Å². The van der Waals surface area contributed by atoms with Crippen molar-refractivity contribution in [3.63, 3.8) is 0 Å². The summed E-state index contributed by atoms with van der Waals surface area (Å²) in [6.45, 7) is 5.99. The van der Waals surface area contributed by atoms with Gasteiger partial charge in [0.1, 0.15) is 5.75 Å². The lowest BCUT2D eigenvalue weighted by molar-refractivity contribution is 0.409. The Morgan fingerprint density at radius 2 is 1.92 bits per heavy atom. The smallest absolute Gasteiger partial charge is 0.122 e. The van der Waals surface area contributed by atoms with Gasteiger partial charge in [-0.05, 0) is 38.0 Å². The minimum absolute atomic E-state index is 0.305. The molecule has 1 aromatic rings. The van der Waals surface area contributed by atoms with Gasteiger partial charge in [-0.2, -0.15) is 0 Å². The third-order valence-electron chi connectivity index (χ3n) is 2.15. The van der Waals surface area contributed by atoms with Crippen LogP contribution in [0.25, 0.3) is 0 Å². The topological polar surface area (TPSA) is 35.2 Å². The lowest BCUT2D eigenvalue weighted by Gasteiger charge is -2.20. The Balaban J connectivity index is 3.14. The van der Waals surface area contributed by atoms with Gasteiger partial charge in [0.05, 0.1) is 7.11 Å². The van der Waals surface area contributed by atoms with Gasteiger partial charge in [0.2, 0.25) is 0 Å². The summed E-state index contributed by atoms with van der Waals surface area (Å²) in [4.78, 5) is 0. The van der Waals surface area contributed by atoms with Crippen molar-refractivity contribution in [2.24, 2.45) is 5.73 Å². The molecule has 0 saturated carbocycles. The number of benzene rings is 1. The van der Waals surface area contributed by atoms with E-state index in [1.807, 2.05) is 39.0 Å². The lowest BCUT2D eigenvalue weighted by Crippen LogP contribution is -2.28. The largest absolute Gasteiger partial charge is 0.496 e. The first-order valence-corrected chi connectivity index (χ1v) is 4.39. The third-order valence-corrected chi connectivity index (χ3v) is 2.15. The molecule has 0 aliphatic rings. The zero-order valence-corrected chi connectivity index (χ0v) is 8.72. The number of nitrogens with two attached hydrogens (primary N) is 1. The first-order valence-electron chi connectivity index (χ1n) is 4.39. The molecule has 0 unspecified atom stereocenters. The summed E-state index contributed by atoms with van der Waals surface area (Å²) in [5.41, 5.74) is 7.90. The molecule has 0 spiro atoms. The molecule has 0 aliphatic carbocycles. The van der Waals surface area contributed by atoms with Crippen molar-refractivity contribution in [3.8, 4) is 5.75 Å². The summed E-state index contributed by atoms with van der Waals surface area (Å²) in [7, 11) is 1.68. The number of methoxy groups -OCH3 is 1. The number of aryl methyl sites for hydroxylation is 1. The van der Waals surface area contributed by atoms with E-state index in [-0.39, 0.29) is 5.54 Å². The van der Waals surface area contributed by atoms with Crippen LogP contribution in [0.1, 0.15) is 25.0 Å². The fraction of sp³-hybridized carbons (Fsp3) is 0.455. The molecule has 0 fully saturated rings. The Labute approximate surface area is 79.7 Å². The van der Waals surface area contributed by atoms with Crippen molar-refractivity contribution >= 4 is 0 Å². The van der Waals surface area contributed by atoms with E-state index in [1.54, 1.807) is 7.11 Å². The van der Waals surface area contributed by atoms with Crippen molar-refractivity contribution in [1.82, 2.24) is 0 Å². The summed E-state index contributed by atoms with van der Waals surface area (Å²) in [6.07, 6.45) is 0. The van der Waals surface area contributed by atoms with E-state index in [2.05, 4.69) is 0 Å². The molecule has 0 aromatic heterocycles. The molecule has 0 aliphatic heterocycles. The van der Waals surface area contributed by atoms with Crippen LogP contribution in [0, 0.1) is 6.92 Å². The lowest BCUT2D eigenvalue weighted by atomic mass is 9.94. The van der Waals surface area contributed by atoms with Crippen LogP contribution in [0.3, 0.4) is 0 Å². The van der Waals surface area contributed by atoms with Gasteiger partial charge in [0, 0.05) is 5.54 Å². The minimum Gasteiger partial charge on any atom is -0.496 e. The molecule has 0 bridgehead atoms. The van der Waals surface area contributed by atoms with E-state index in [0.29, 0.717) is 0 Å². The van der Waals surface area contributed by atoms with Crippen molar-refractivity contribution in [1.29, 1.82) is 0 Å². The number of hydrogen-bond acceptors (Lipinski definition) is 2. The summed E-state index contributed by atoms with van der Waals surface area (Å²) >= 11 is 0. The van der Waals surface area contributed by atoms with Crippen LogP contribution in [0.4, 0.5) is 0 Å². The van der Waals surface area contributed by atoms with Gasteiger partial charge in [0.15, 0.2) is 0 Å². The summed E-state index contributed by atoms with van der Waals surface area (Å²) in [5.74, 6) is 0.899. The van der Waals surface area contributed by atoms with Gasteiger partial charge < -0.3 is 10.5 Å². The quantitative estimate of drug-likeness (QED) is 0.755. The Morgan fingerprint density at radius 1 is 1.31 bits per heavy atom. The van der Waals surface area contributed by atoms with Gasteiger partial charge >= 0.3 is 0 Å². The van der Waals surface area contributed by atoms with Crippen molar-refractivity contribution in [3.05, 3.63) is 29.3 Å². The van der Waals surface area contributed by atoms with Gasteiger partial charge in [-0.15, -0.1) is 0 Å². The molecule has 13 heavy (non-hydrogen) atoms. The molecule has 2 N–H and O–H groups in total. The molecule has 2 nitrogen and oxygen atoms in total. The fourth-order valence-corrected chi connectivity index (χ4v) is 1.22. The highest BCUT2D eigenvalue weighted by molar-refractivity contribution is 5.38. The Morgan fingerprint density at radius 3 is 2.38 bits per heavy atom. The highest BCUT2D eigenvalue weighted by Crippen LogP contribution is 2.24. The molecule has 0 saturated heterocycles. The standard InChI is InChI=1S/C11H17NO/c1-8-5-6-9(11(2,3)12)7-10(8)13-4/h5-7H,12H2,1-4H3. The van der Waals surface area contributed by atoms with Gasteiger partial charge in [-0.1, -0.05) is 12.1 Å². The van der Waals surface area contributed by atoms with E-state index < -0.39 is 0 Å². The van der Waals surface area contributed by atoms with Crippen LogP contribution in [0.15, 0.2) is 18.2 Å². The minimum atomic E-state index is -0.305.